The first-order valence-corrected chi connectivity index (χ1v) is 6.53. The Hall–Kier alpha value is -2.81. The molecule has 2 N–H and O–H groups in total. The molecule has 0 radical (unpaired) electrons. The molecule has 0 bridgehead atoms. The average molecular weight is 343 g/mol. The van der Waals surface area contributed by atoms with Crippen LogP contribution in [0.3, 0.4) is 0 Å². The van der Waals surface area contributed by atoms with Gasteiger partial charge in [0.1, 0.15) is 0 Å². The minimum Gasteiger partial charge on any atom is -0.466 e. The topological polar surface area (TPSA) is 88.8 Å². The maximum atomic E-state index is 13.1. The van der Waals surface area contributed by atoms with Crippen molar-refractivity contribution in [2.45, 2.75) is 11.8 Å². The summed E-state index contributed by atoms with van der Waals surface area (Å²) in [5.74, 6) is -2.45. The van der Waals surface area contributed by atoms with E-state index in [1.165, 1.54) is 18.4 Å². The normalized spacial score (nSPS) is 13.9. The van der Waals surface area contributed by atoms with Gasteiger partial charge in [-0.15, -0.1) is 0 Å². The Morgan fingerprint density at radius 2 is 1.79 bits per heavy atom. The van der Waals surface area contributed by atoms with Crippen LogP contribution < -0.4 is 5.32 Å². The van der Waals surface area contributed by atoms with Crippen molar-refractivity contribution in [2.75, 3.05) is 12.4 Å². The van der Waals surface area contributed by atoms with Crippen molar-refractivity contribution in [1.29, 1.82) is 0 Å². The van der Waals surface area contributed by atoms with Crippen LogP contribution in [0.4, 0.5) is 18.9 Å². The highest BCUT2D eigenvalue weighted by Crippen LogP contribution is 2.40. The third-order valence-electron chi connectivity index (χ3n) is 3.20. The molecule has 1 aromatic carbocycles. The van der Waals surface area contributed by atoms with E-state index < -0.39 is 29.2 Å². The monoisotopic (exact) mass is 343 g/mol. The molecule has 1 atom stereocenters. The Morgan fingerprint density at radius 1 is 1.17 bits per heavy atom. The number of carbonyl (C=O) groups excluding carboxylic acids is 2. The van der Waals surface area contributed by atoms with Gasteiger partial charge in [0, 0.05) is 11.3 Å². The van der Waals surface area contributed by atoms with Crippen molar-refractivity contribution in [2.24, 2.45) is 0 Å². The molecule has 1 amide bonds. The average Bonchev–Trinajstić information content (AvgIpc) is 3.07. The number of esters is 1. The summed E-state index contributed by atoms with van der Waals surface area (Å²) in [7, 11) is 0.733. The van der Waals surface area contributed by atoms with E-state index >= 15 is 0 Å². The molecule has 128 valence electrons. The SMILES string of the molecule is COC(=O)[C@](O)(c1ccc(NC(=O)c2ccco2)cc1)C(F)(F)F. The first kappa shape index (κ1) is 17.5. The maximum absolute atomic E-state index is 13.1. The zero-order valence-corrected chi connectivity index (χ0v) is 12.3. The lowest BCUT2D eigenvalue weighted by Gasteiger charge is -2.28. The lowest BCUT2D eigenvalue weighted by atomic mass is 9.93. The van der Waals surface area contributed by atoms with E-state index in [1.807, 2.05) is 0 Å². The van der Waals surface area contributed by atoms with E-state index in [1.54, 1.807) is 0 Å². The number of hydrogen-bond acceptors (Lipinski definition) is 5. The predicted octanol–water partition coefficient (Wildman–Crippen LogP) is 2.45. The maximum Gasteiger partial charge on any atom is 0.432 e. The van der Waals surface area contributed by atoms with Crippen LogP contribution in [0.25, 0.3) is 0 Å². The fraction of sp³-hybridized carbons (Fsp3) is 0.200. The number of hydrogen-bond donors (Lipinski definition) is 2. The second-order valence-electron chi connectivity index (χ2n) is 4.71. The Balaban J connectivity index is 2.27. The van der Waals surface area contributed by atoms with Gasteiger partial charge in [-0.2, -0.15) is 13.2 Å². The molecule has 0 aliphatic heterocycles. The van der Waals surface area contributed by atoms with Crippen molar-refractivity contribution in [1.82, 2.24) is 0 Å². The largest absolute Gasteiger partial charge is 0.466 e. The second-order valence-corrected chi connectivity index (χ2v) is 4.71. The number of amides is 1. The number of halogens is 3. The standard InChI is InChI=1S/C15H12F3NO5/c1-23-13(21)14(22,15(16,17)18)9-4-6-10(7-5-9)19-12(20)11-3-2-8-24-11/h2-8,22H,1H3,(H,19,20)/t14-/m1/s1. The molecule has 24 heavy (non-hydrogen) atoms. The number of rotatable bonds is 4. The molecule has 1 aromatic heterocycles. The first-order valence-electron chi connectivity index (χ1n) is 6.53. The van der Waals surface area contributed by atoms with E-state index in [0.29, 0.717) is 0 Å². The van der Waals surface area contributed by atoms with E-state index in [0.717, 1.165) is 31.4 Å². The van der Waals surface area contributed by atoms with Crippen LogP contribution in [0.5, 0.6) is 0 Å². The van der Waals surface area contributed by atoms with Crippen LogP contribution in [-0.4, -0.2) is 30.3 Å². The summed E-state index contributed by atoms with van der Waals surface area (Å²) in [6.45, 7) is 0. The molecule has 1 heterocycles. The number of alkyl halides is 3. The van der Waals surface area contributed by atoms with Crippen LogP contribution >= 0.6 is 0 Å². The van der Waals surface area contributed by atoms with Gasteiger partial charge in [0.15, 0.2) is 5.76 Å². The third-order valence-corrected chi connectivity index (χ3v) is 3.20. The fourth-order valence-electron chi connectivity index (χ4n) is 1.94. The molecule has 9 heteroatoms. The molecule has 0 aliphatic rings. The summed E-state index contributed by atoms with van der Waals surface area (Å²) >= 11 is 0. The number of anilines is 1. The minimum absolute atomic E-state index is 0.0143. The van der Waals surface area contributed by atoms with Gasteiger partial charge in [-0.05, 0) is 24.3 Å². The first-order chi connectivity index (χ1) is 11.2. The van der Waals surface area contributed by atoms with Crippen molar-refractivity contribution >= 4 is 17.6 Å². The summed E-state index contributed by atoms with van der Waals surface area (Å²) in [6, 6.07) is 6.84. The summed E-state index contributed by atoms with van der Waals surface area (Å²) in [5.41, 5.74) is -4.39. The van der Waals surface area contributed by atoms with Gasteiger partial charge in [-0.25, -0.2) is 4.79 Å². The number of ether oxygens (including phenoxy) is 1. The quantitative estimate of drug-likeness (QED) is 0.833. The summed E-state index contributed by atoms with van der Waals surface area (Å²) in [6.07, 6.45) is -3.99. The molecule has 0 fully saturated rings. The highest BCUT2D eigenvalue weighted by atomic mass is 19.4. The van der Waals surface area contributed by atoms with Gasteiger partial charge >= 0.3 is 12.1 Å². The molecule has 0 aliphatic carbocycles. The molecule has 0 saturated heterocycles. The lowest BCUT2D eigenvalue weighted by Crippen LogP contribution is -2.49. The third kappa shape index (κ3) is 3.11. The number of methoxy groups -OCH3 is 1. The van der Waals surface area contributed by atoms with Crippen LogP contribution in [0.2, 0.25) is 0 Å². The van der Waals surface area contributed by atoms with E-state index in [9.17, 15) is 27.9 Å². The smallest absolute Gasteiger partial charge is 0.432 e. The van der Waals surface area contributed by atoms with E-state index in [2.05, 4.69) is 10.1 Å². The molecule has 2 aromatic rings. The van der Waals surface area contributed by atoms with Crippen LogP contribution in [-0.2, 0) is 15.1 Å². The Labute approximate surface area is 133 Å². The van der Waals surface area contributed by atoms with Gasteiger partial charge in [0.2, 0.25) is 0 Å². The number of nitrogens with one attached hydrogen (secondary N) is 1. The van der Waals surface area contributed by atoms with Gasteiger partial charge in [-0.3, -0.25) is 4.79 Å². The number of carbonyl (C=O) groups is 2. The van der Waals surface area contributed by atoms with Gasteiger partial charge < -0.3 is 19.6 Å². The van der Waals surface area contributed by atoms with Gasteiger partial charge in [0.25, 0.3) is 11.5 Å². The van der Waals surface area contributed by atoms with Crippen molar-refractivity contribution in [3.63, 3.8) is 0 Å². The Kier molecular flexibility index (Phi) is 4.65. The fourth-order valence-corrected chi connectivity index (χ4v) is 1.94. The summed E-state index contributed by atoms with van der Waals surface area (Å²) < 4.78 is 48.2. The lowest BCUT2D eigenvalue weighted by molar-refractivity contribution is -0.266. The summed E-state index contributed by atoms with van der Waals surface area (Å²) in [5, 5.41) is 12.2. The van der Waals surface area contributed by atoms with Crippen LogP contribution in [0.1, 0.15) is 16.1 Å². The van der Waals surface area contributed by atoms with Crippen LogP contribution in [0, 0.1) is 0 Å². The molecule has 6 nitrogen and oxygen atoms in total. The second kappa shape index (κ2) is 6.36. The van der Waals surface area contributed by atoms with Crippen molar-refractivity contribution in [3.8, 4) is 0 Å². The number of furan rings is 1. The zero-order chi connectivity index (χ0) is 18.0. The highest BCUT2D eigenvalue weighted by molar-refractivity contribution is 6.02. The molecule has 2 rings (SSSR count). The number of benzene rings is 1. The van der Waals surface area contributed by atoms with E-state index in [-0.39, 0.29) is 11.4 Å². The zero-order valence-electron chi connectivity index (χ0n) is 12.3. The van der Waals surface area contributed by atoms with Gasteiger partial charge in [-0.1, -0.05) is 12.1 Å². The van der Waals surface area contributed by atoms with Crippen LogP contribution in [0.15, 0.2) is 47.1 Å². The summed E-state index contributed by atoms with van der Waals surface area (Å²) in [4.78, 5) is 23.2. The van der Waals surface area contributed by atoms with Gasteiger partial charge in [0.05, 0.1) is 13.4 Å². The Morgan fingerprint density at radius 3 is 2.25 bits per heavy atom. The molecule has 0 saturated carbocycles. The minimum atomic E-state index is -5.28. The molecular weight excluding hydrogens is 331 g/mol. The van der Waals surface area contributed by atoms with Crippen molar-refractivity contribution < 1.29 is 37.0 Å². The highest BCUT2D eigenvalue weighted by Gasteiger charge is 2.62. The van der Waals surface area contributed by atoms with Crippen molar-refractivity contribution in [3.05, 3.63) is 54.0 Å². The van der Waals surface area contributed by atoms with E-state index in [4.69, 9.17) is 4.42 Å². The molecular formula is C15H12F3NO5. The predicted molar refractivity (Wildman–Crippen MR) is 75.1 cm³/mol. The number of aliphatic hydroxyl groups is 1. The molecule has 0 unspecified atom stereocenters. The Bertz CT molecular complexity index is 725. The molecule has 0 spiro atoms.